The van der Waals surface area contributed by atoms with Crippen molar-refractivity contribution in [2.45, 2.75) is 70.3 Å². The molecule has 3 nitrogen and oxygen atoms in total. The number of thiol groups is 1. The molecular weight excluding hydrogens is 288 g/mol. The molecule has 0 aromatic heterocycles. The van der Waals surface area contributed by atoms with Crippen molar-refractivity contribution in [3.63, 3.8) is 0 Å². The lowest BCUT2D eigenvalue weighted by molar-refractivity contribution is 0.122. The third kappa shape index (κ3) is 10.2. The number of unbranched alkanes of at least 4 members (excludes halogenated alkanes) is 9. The summed E-state index contributed by atoms with van der Waals surface area (Å²) in [6.45, 7) is 0. The molecule has 20 heavy (non-hydrogen) atoms. The van der Waals surface area contributed by atoms with Crippen molar-refractivity contribution in [1.29, 1.82) is 0 Å². The maximum Gasteiger partial charge on any atom is 0.500 e. The summed E-state index contributed by atoms with van der Waals surface area (Å²) in [7, 11) is 2.74. The molecule has 0 fully saturated rings. The standard InChI is InChI=1S/C15H34O3SSi/c1-16-20(17-2,18-3)15-13-11-9-7-5-4-6-8-10-12-14-19/h19H,4-15H2,1-3H3. The molecule has 0 heterocycles. The molecule has 0 aliphatic rings. The highest BCUT2D eigenvalue weighted by Gasteiger charge is 2.36. The van der Waals surface area contributed by atoms with E-state index in [4.69, 9.17) is 13.3 Å². The van der Waals surface area contributed by atoms with Crippen LogP contribution in [0.2, 0.25) is 6.04 Å². The van der Waals surface area contributed by atoms with E-state index in [2.05, 4.69) is 12.6 Å². The van der Waals surface area contributed by atoms with Crippen molar-refractivity contribution in [3.8, 4) is 0 Å². The van der Waals surface area contributed by atoms with Gasteiger partial charge in [0.1, 0.15) is 0 Å². The second kappa shape index (κ2) is 14.4. The maximum atomic E-state index is 5.42. The third-order valence-electron chi connectivity index (χ3n) is 3.82. The molecule has 0 saturated heterocycles. The third-order valence-corrected chi connectivity index (χ3v) is 6.97. The Bertz CT molecular complexity index is 193. The highest BCUT2D eigenvalue weighted by atomic mass is 32.1. The average Bonchev–Trinajstić information content (AvgIpc) is 2.49. The molecule has 0 amide bonds. The zero-order valence-electron chi connectivity index (χ0n) is 13.7. The Balaban J connectivity index is 3.32. The summed E-state index contributed by atoms with van der Waals surface area (Å²) in [6.07, 6.45) is 13.2. The first-order valence-electron chi connectivity index (χ1n) is 8.01. The second-order valence-electron chi connectivity index (χ2n) is 5.30. The van der Waals surface area contributed by atoms with Gasteiger partial charge in [0.15, 0.2) is 0 Å². The Morgan fingerprint density at radius 1 is 0.600 bits per heavy atom. The van der Waals surface area contributed by atoms with Gasteiger partial charge in [0.05, 0.1) is 0 Å². The summed E-state index contributed by atoms with van der Waals surface area (Å²) in [5.74, 6) is 1.04. The Morgan fingerprint density at radius 2 is 0.950 bits per heavy atom. The SMILES string of the molecule is CO[Si](CCCCCCCCCCCCS)(OC)OC. The molecule has 0 bridgehead atoms. The van der Waals surface area contributed by atoms with Crippen LogP contribution in [0, 0.1) is 0 Å². The van der Waals surface area contributed by atoms with E-state index in [-0.39, 0.29) is 0 Å². The van der Waals surface area contributed by atoms with Crippen LogP contribution in [0.15, 0.2) is 0 Å². The molecule has 5 heteroatoms. The van der Waals surface area contributed by atoms with Crippen LogP contribution in [-0.2, 0) is 13.3 Å². The molecule has 0 atom stereocenters. The van der Waals surface area contributed by atoms with Gasteiger partial charge in [0.25, 0.3) is 0 Å². The van der Waals surface area contributed by atoms with E-state index in [0.29, 0.717) is 0 Å². The van der Waals surface area contributed by atoms with Crippen LogP contribution in [0.3, 0.4) is 0 Å². The van der Waals surface area contributed by atoms with Gasteiger partial charge in [-0.25, -0.2) is 0 Å². The van der Waals surface area contributed by atoms with Crippen molar-refractivity contribution in [2.75, 3.05) is 27.1 Å². The van der Waals surface area contributed by atoms with Gasteiger partial charge < -0.3 is 13.3 Å². The van der Waals surface area contributed by atoms with Crippen LogP contribution < -0.4 is 0 Å². The minimum absolute atomic E-state index is 0.931. The van der Waals surface area contributed by atoms with Crippen LogP contribution in [0.5, 0.6) is 0 Å². The molecule has 0 spiro atoms. The van der Waals surface area contributed by atoms with Gasteiger partial charge in [0, 0.05) is 27.4 Å². The van der Waals surface area contributed by atoms with E-state index in [1.54, 1.807) is 21.3 Å². The lowest BCUT2D eigenvalue weighted by Gasteiger charge is -2.24. The van der Waals surface area contributed by atoms with Gasteiger partial charge in [-0.2, -0.15) is 12.6 Å². The molecular formula is C15H34O3SSi. The van der Waals surface area contributed by atoms with Crippen LogP contribution in [0.4, 0.5) is 0 Å². The minimum Gasteiger partial charge on any atom is -0.377 e. The Labute approximate surface area is 132 Å². The average molecular weight is 323 g/mol. The summed E-state index contributed by atoms with van der Waals surface area (Å²) >= 11 is 4.23. The fourth-order valence-corrected chi connectivity index (χ4v) is 4.44. The molecule has 0 aromatic carbocycles. The Hall–Kier alpha value is 0.447. The lowest BCUT2D eigenvalue weighted by atomic mass is 10.1. The summed E-state index contributed by atoms with van der Waals surface area (Å²) in [5, 5.41) is 0. The molecule has 0 rings (SSSR count). The summed E-state index contributed by atoms with van der Waals surface area (Å²) < 4.78 is 16.3. The van der Waals surface area contributed by atoms with Gasteiger partial charge in [-0.3, -0.25) is 0 Å². The van der Waals surface area contributed by atoms with Gasteiger partial charge in [-0.1, -0.05) is 51.4 Å². The number of hydrogen-bond acceptors (Lipinski definition) is 4. The summed E-state index contributed by atoms with van der Waals surface area (Å²) in [4.78, 5) is 0. The van der Waals surface area contributed by atoms with Crippen molar-refractivity contribution in [3.05, 3.63) is 0 Å². The van der Waals surface area contributed by atoms with Crippen LogP contribution in [0.25, 0.3) is 0 Å². The molecule has 0 N–H and O–H groups in total. The highest BCUT2D eigenvalue weighted by molar-refractivity contribution is 7.80. The normalized spacial score (nSPS) is 12.0. The van der Waals surface area contributed by atoms with Crippen LogP contribution in [0.1, 0.15) is 64.2 Å². The number of hydrogen-bond donors (Lipinski definition) is 1. The van der Waals surface area contributed by atoms with E-state index in [1.165, 1.54) is 57.8 Å². The molecule has 0 radical (unpaired) electrons. The Morgan fingerprint density at radius 3 is 1.30 bits per heavy atom. The largest absolute Gasteiger partial charge is 0.500 e. The Kier molecular flexibility index (Phi) is 14.7. The molecule has 122 valence electrons. The maximum absolute atomic E-state index is 5.42. The van der Waals surface area contributed by atoms with E-state index in [9.17, 15) is 0 Å². The molecule has 0 saturated carbocycles. The van der Waals surface area contributed by atoms with E-state index >= 15 is 0 Å². The fourth-order valence-electron chi connectivity index (χ4n) is 2.42. The first-order chi connectivity index (χ1) is 9.74. The smallest absolute Gasteiger partial charge is 0.377 e. The van der Waals surface area contributed by atoms with Crippen LogP contribution in [-0.4, -0.2) is 35.9 Å². The van der Waals surface area contributed by atoms with E-state index in [0.717, 1.165) is 18.2 Å². The van der Waals surface area contributed by atoms with Gasteiger partial charge >= 0.3 is 8.80 Å². The molecule has 0 unspecified atom stereocenters. The molecule has 0 aliphatic heterocycles. The topological polar surface area (TPSA) is 27.7 Å². The monoisotopic (exact) mass is 322 g/mol. The van der Waals surface area contributed by atoms with Crippen molar-refractivity contribution >= 4 is 21.4 Å². The zero-order valence-corrected chi connectivity index (χ0v) is 15.6. The lowest BCUT2D eigenvalue weighted by Crippen LogP contribution is -2.42. The van der Waals surface area contributed by atoms with Gasteiger partial charge in [-0.15, -0.1) is 0 Å². The fraction of sp³-hybridized carbons (Fsp3) is 1.00. The van der Waals surface area contributed by atoms with E-state index < -0.39 is 8.80 Å². The van der Waals surface area contributed by atoms with Crippen molar-refractivity contribution in [1.82, 2.24) is 0 Å². The minimum atomic E-state index is -2.32. The quantitative estimate of drug-likeness (QED) is 0.269. The number of rotatable bonds is 15. The predicted octanol–water partition coefficient (Wildman–Crippen LogP) is 4.70. The van der Waals surface area contributed by atoms with Crippen molar-refractivity contribution in [2.24, 2.45) is 0 Å². The van der Waals surface area contributed by atoms with Crippen LogP contribution >= 0.6 is 12.6 Å². The first-order valence-corrected chi connectivity index (χ1v) is 10.6. The summed E-state index contributed by atoms with van der Waals surface area (Å²) in [6, 6.07) is 0.931. The van der Waals surface area contributed by atoms with Gasteiger partial charge in [-0.05, 0) is 18.6 Å². The molecule has 0 aromatic rings. The summed E-state index contributed by atoms with van der Waals surface area (Å²) in [5.41, 5.74) is 0. The second-order valence-corrected chi connectivity index (χ2v) is 8.84. The van der Waals surface area contributed by atoms with E-state index in [1.807, 2.05) is 0 Å². The molecule has 0 aliphatic carbocycles. The first kappa shape index (κ1) is 20.4. The highest BCUT2D eigenvalue weighted by Crippen LogP contribution is 2.18. The van der Waals surface area contributed by atoms with Crippen molar-refractivity contribution < 1.29 is 13.3 Å². The predicted molar refractivity (Wildman–Crippen MR) is 91.6 cm³/mol. The zero-order chi connectivity index (χ0) is 15.1. The van der Waals surface area contributed by atoms with Gasteiger partial charge in [0.2, 0.25) is 0 Å².